The number of oxazole rings is 1. The van der Waals surface area contributed by atoms with Crippen LogP contribution in [0.5, 0.6) is 0 Å². The zero-order valence-electron chi connectivity index (χ0n) is 13.0. The van der Waals surface area contributed by atoms with Crippen molar-refractivity contribution in [3.63, 3.8) is 0 Å². The SMILES string of the molecule is CCCCCCCC(C)(CCCC)c1nc(I)oc1I. The molecule has 116 valence electrons. The zero-order valence-corrected chi connectivity index (χ0v) is 17.3. The first-order valence-electron chi connectivity index (χ1n) is 7.85. The van der Waals surface area contributed by atoms with E-state index in [0.29, 0.717) is 0 Å². The third-order valence-corrected chi connectivity index (χ3v) is 5.24. The van der Waals surface area contributed by atoms with Gasteiger partial charge in [-0.05, 0) is 12.8 Å². The topological polar surface area (TPSA) is 26.0 Å². The Morgan fingerprint density at radius 2 is 1.55 bits per heavy atom. The fourth-order valence-corrected chi connectivity index (χ4v) is 4.56. The van der Waals surface area contributed by atoms with Gasteiger partial charge in [0.05, 0.1) is 5.69 Å². The molecule has 1 atom stereocenters. The van der Waals surface area contributed by atoms with Crippen LogP contribution in [0, 0.1) is 7.66 Å². The van der Waals surface area contributed by atoms with Gasteiger partial charge in [-0.3, -0.25) is 0 Å². The largest absolute Gasteiger partial charge is 0.426 e. The van der Waals surface area contributed by atoms with Crippen molar-refractivity contribution in [3.05, 3.63) is 13.4 Å². The molecule has 0 fully saturated rings. The second kappa shape index (κ2) is 9.64. The number of hydrogen-bond donors (Lipinski definition) is 0. The zero-order chi connectivity index (χ0) is 15.0. The van der Waals surface area contributed by atoms with Gasteiger partial charge in [0.25, 0.3) is 3.90 Å². The van der Waals surface area contributed by atoms with E-state index < -0.39 is 0 Å². The third kappa shape index (κ3) is 5.81. The lowest BCUT2D eigenvalue weighted by Gasteiger charge is -2.28. The fourth-order valence-electron chi connectivity index (χ4n) is 2.70. The summed E-state index contributed by atoms with van der Waals surface area (Å²) in [5, 5.41) is 0. The average Bonchev–Trinajstić information content (AvgIpc) is 2.76. The Labute approximate surface area is 151 Å². The first kappa shape index (κ1) is 18.7. The average molecular weight is 503 g/mol. The van der Waals surface area contributed by atoms with Crippen LogP contribution < -0.4 is 0 Å². The van der Waals surface area contributed by atoms with Gasteiger partial charge >= 0.3 is 0 Å². The van der Waals surface area contributed by atoms with Crippen LogP contribution >= 0.6 is 45.2 Å². The maximum absolute atomic E-state index is 5.65. The number of nitrogens with zero attached hydrogens (tertiary/aromatic N) is 1. The molecule has 0 radical (unpaired) electrons. The minimum absolute atomic E-state index is 0.186. The van der Waals surface area contributed by atoms with E-state index in [-0.39, 0.29) is 5.41 Å². The molecule has 0 spiro atoms. The fraction of sp³-hybridized carbons (Fsp3) is 0.812. The van der Waals surface area contributed by atoms with Crippen LogP contribution in [0.15, 0.2) is 4.42 Å². The highest BCUT2D eigenvalue weighted by Crippen LogP contribution is 2.37. The molecule has 1 rings (SSSR count). The summed E-state index contributed by atoms with van der Waals surface area (Å²) >= 11 is 4.48. The minimum atomic E-state index is 0.186. The first-order valence-corrected chi connectivity index (χ1v) is 10.0. The Kier molecular flexibility index (Phi) is 9.02. The van der Waals surface area contributed by atoms with Gasteiger partial charge in [0, 0.05) is 50.6 Å². The lowest BCUT2D eigenvalue weighted by Crippen LogP contribution is -2.23. The van der Waals surface area contributed by atoms with Crippen molar-refractivity contribution in [1.29, 1.82) is 0 Å². The molecule has 0 saturated heterocycles. The highest BCUT2D eigenvalue weighted by molar-refractivity contribution is 14.1. The Hall–Kier alpha value is 0.670. The first-order chi connectivity index (χ1) is 9.53. The molecule has 2 nitrogen and oxygen atoms in total. The van der Waals surface area contributed by atoms with Crippen molar-refractivity contribution < 1.29 is 4.42 Å². The van der Waals surface area contributed by atoms with E-state index in [9.17, 15) is 0 Å². The maximum Gasteiger partial charge on any atom is 0.258 e. The summed E-state index contributed by atoms with van der Waals surface area (Å²) in [5.74, 6) is 0. The van der Waals surface area contributed by atoms with Crippen LogP contribution in [0.3, 0.4) is 0 Å². The summed E-state index contributed by atoms with van der Waals surface area (Å²) in [6, 6.07) is 0. The van der Waals surface area contributed by atoms with E-state index >= 15 is 0 Å². The standard InChI is InChI=1S/C16H27I2NO/c1-4-6-8-9-10-12-16(3,11-7-5-2)13-14(17)20-15(18)19-13/h4-12H2,1-3H3. The lowest BCUT2D eigenvalue weighted by atomic mass is 9.77. The van der Waals surface area contributed by atoms with Crippen molar-refractivity contribution in [3.8, 4) is 0 Å². The second-order valence-corrected chi connectivity index (χ2v) is 7.82. The van der Waals surface area contributed by atoms with Gasteiger partial charge < -0.3 is 4.42 Å². The van der Waals surface area contributed by atoms with Crippen molar-refractivity contribution in [2.75, 3.05) is 0 Å². The van der Waals surface area contributed by atoms with E-state index in [1.165, 1.54) is 63.5 Å². The van der Waals surface area contributed by atoms with Crippen molar-refractivity contribution in [2.24, 2.45) is 0 Å². The molecule has 1 heterocycles. The van der Waals surface area contributed by atoms with Gasteiger partial charge in [-0.25, -0.2) is 4.98 Å². The summed E-state index contributed by atoms with van der Waals surface area (Å²) in [6.07, 6.45) is 11.7. The molecular weight excluding hydrogens is 476 g/mol. The summed E-state index contributed by atoms with van der Waals surface area (Å²) in [6.45, 7) is 6.91. The smallest absolute Gasteiger partial charge is 0.258 e. The molecule has 0 bridgehead atoms. The molecule has 0 N–H and O–H groups in total. The van der Waals surface area contributed by atoms with Gasteiger partial charge in [-0.2, -0.15) is 0 Å². The van der Waals surface area contributed by atoms with Crippen molar-refractivity contribution >= 4 is 45.2 Å². The minimum Gasteiger partial charge on any atom is -0.426 e. The molecule has 0 amide bonds. The molecule has 1 aromatic heterocycles. The number of rotatable bonds is 10. The summed E-state index contributed by atoms with van der Waals surface area (Å²) < 4.78 is 7.41. The number of hydrogen-bond acceptors (Lipinski definition) is 2. The van der Waals surface area contributed by atoms with Crippen molar-refractivity contribution in [2.45, 2.75) is 84.0 Å². The van der Waals surface area contributed by atoms with Crippen LogP contribution in [0.25, 0.3) is 0 Å². The Morgan fingerprint density at radius 1 is 0.950 bits per heavy atom. The second-order valence-electron chi connectivity index (χ2n) is 5.92. The highest BCUT2D eigenvalue weighted by Gasteiger charge is 2.31. The predicted octanol–water partition coefficient (Wildman–Crippen LogP) is 6.69. The van der Waals surface area contributed by atoms with E-state index in [4.69, 9.17) is 4.42 Å². The number of unbranched alkanes of at least 4 members (excludes halogenated alkanes) is 5. The summed E-state index contributed by atoms with van der Waals surface area (Å²) in [4.78, 5) is 4.66. The summed E-state index contributed by atoms with van der Waals surface area (Å²) in [5.41, 5.74) is 1.37. The maximum atomic E-state index is 5.65. The van der Waals surface area contributed by atoms with Crippen LogP contribution in [-0.2, 0) is 5.41 Å². The molecular formula is C16H27I2NO. The molecule has 0 saturated carbocycles. The highest BCUT2D eigenvalue weighted by atomic mass is 127. The Balaban J connectivity index is 2.68. The third-order valence-electron chi connectivity index (χ3n) is 4.05. The quantitative estimate of drug-likeness (QED) is 0.263. The predicted molar refractivity (Wildman–Crippen MR) is 102 cm³/mol. The molecule has 0 aromatic carbocycles. The summed E-state index contributed by atoms with van der Waals surface area (Å²) in [7, 11) is 0. The number of aromatic nitrogens is 1. The normalized spacial score (nSPS) is 14.4. The molecule has 0 aliphatic carbocycles. The molecule has 4 heteroatoms. The monoisotopic (exact) mass is 503 g/mol. The molecule has 20 heavy (non-hydrogen) atoms. The van der Waals surface area contributed by atoms with E-state index in [1.807, 2.05) is 0 Å². The van der Waals surface area contributed by atoms with Gasteiger partial charge in [-0.1, -0.05) is 65.7 Å². The van der Waals surface area contributed by atoms with Crippen LogP contribution in [-0.4, -0.2) is 4.98 Å². The van der Waals surface area contributed by atoms with Gasteiger partial charge in [0.15, 0.2) is 3.77 Å². The van der Waals surface area contributed by atoms with E-state index in [1.54, 1.807) is 0 Å². The van der Waals surface area contributed by atoms with Crippen LogP contribution in [0.4, 0.5) is 0 Å². The van der Waals surface area contributed by atoms with Gasteiger partial charge in [0.2, 0.25) is 0 Å². The molecule has 1 aromatic rings. The Bertz CT molecular complexity index is 392. The van der Waals surface area contributed by atoms with Crippen molar-refractivity contribution in [1.82, 2.24) is 4.98 Å². The van der Waals surface area contributed by atoms with E-state index in [2.05, 4.69) is 70.9 Å². The Morgan fingerprint density at radius 3 is 2.10 bits per heavy atom. The molecule has 0 aliphatic rings. The lowest BCUT2D eigenvalue weighted by molar-refractivity contribution is 0.355. The number of halogens is 2. The van der Waals surface area contributed by atoms with Gasteiger partial charge in [0.1, 0.15) is 0 Å². The van der Waals surface area contributed by atoms with Gasteiger partial charge in [-0.15, -0.1) is 0 Å². The van der Waals surface area contributed by atoms with Crippen LogP contribution in [0.2, 0.25) is 0 Å². The molecule has 0 aliphatic heterocycles. The van der Waals surface area contributed by atoms with E-state index in [0.717, 1.165) is 7.66 Å². The molecule has 1 unspecified atom stereocenters. The van der Waals surface area contributed by atoms with Crippen LogP contribution in [0.1, 0.15) is 84.3 Å².